The van der Waals surface area contributed by atoms with Gasteiger partial charge in [0, 0.05) is 94.6 Å². The van der Waals surface area contributed by atoms with E-state index in [1.54, 1.807) is 20.8 Å². The smallest absolute Gasteiger partial charge is 0.222 e. The number of carbonyl (C=O) groups is 5. The first kappa shape index (κ1) is 78.7. The Hall–Kier alpha value is -3.41. The third-order valence-electron chi connectivity index (χ3n) is 14.2. The zero-order valence-electron chi connectivity index (χ0n) is 51.6. The van der Waals surface area contributed by atoms with Crippen molar-refractivity contribution < 1.29 is 117 Å². The van der Waals surface area contributed by atoms with Gasteiger partial charge in [0.25, 0.3) is 0 Å². The van der Waals surface area contributed by atoms with Crippen molar-refractivity contribution in [2.24, 2.45) is 23.7 Å². The van der Waals surface area contributed by atoms with Gasteiger partial charge in [-0.1, -0.05) is 20.8 Å². The van der Waals surface area contributed by atoms with Gasteiger partial charge in [0.2, 0.25) is 29.5 Å². The molecule has 3 fully saturated rings. The highest BCUT2D eigenvalue weighted by atomic mass is 16.7. The summed E-state index contributed by atoms with van der Waals surface area (Å²) in [6.45, 7) is 15.0. The highest BCUT2D eigenvalue weighted by Gasteiger charge is 2.44. The molecular formula is C57H107N5O24. The average Bonchev–Trinajstić information content (AvgIpc) is 1.69. The van der Waals surface area contributed by atoms with Crippen LogP contribution in [0.4, 0.5) is 0 Å². The van der Waals surface area contributed by atoms with Crippen molar-refractivity contribution in [1.29, 1.82) is 0 Å². The topological polar surface area (TPSA) is 420 Å². The molecule has 0 radical (unpaired) electrons. The van der Waals surface area contributed by atoms with Crippen LogP contribution in [0.1, 0.15) is 113 Å². The number of amides is 5. The van der Waals surface area contributed by atoms with Crippen LogP contribution in [0.5, 0.6) is 0 Å². The normalized spacial score (nSPS) is 27.9. The largest absolute Gasteiger partial charge is 0.394 e. The van der Waals surface area contributed by atoms with Crippen molar-refractivity contribution >= 4 is 29.5 Å². The second-order valence-electron chi connectivity index (χ2n) is 22.5. The monoisotopic (exact) mass is 1250 g/mol. The average molecular weight is 1250 g/mol. The number of hydrogen-bond acceptors (Lipinski definition) is 24. The van der Waals surface area contributed by atoms with E-state index in [-0.39, 0.29) is 126 Å². The van der Waals surface area contributed by atoms with E-state index >= 15 is 0 Å². The second-order valence-corrected chi connectivity index (χ2v) is 22.5. The molecule has 14 N–H and O–H groups in total. The Balaban J connectivity index is 0.00000113. The maximum atomic E-state index is 12.5. The van der Waals surface area contributed by atoms with Crippen molar-refractivity contribution in [3.05, 3.63) is 0 Å². The SMILES string of the molecule is CC(C)NC(=O)CCCC(=O)NCCCOC(C)C.CC1[C@H](OCCCNC(=O)CCOCC(COCCC(=O)NCCCO[C@@H]2OC(CO)[C@H](O)[C@H](O)C2C)COCCC(=O)NCCCO[C@@H]2OC(CO)[C@H](O)[C@H](O)C2C)OC(CO)[C@H](O)[C@@H]1O. The summed E-state index contributed by atoms with van der Waals surface area (Å²) in [7, 11) is 0. The van der Waals surface area contributed by atoms with Crippen LogP contribution in [0.15, 0.2) is 0 Å². The molecule has 5 amide bonds. The molecule has 6 unspecified atom stereocenters. The Morgan fingerprint density at radius 1 is 0.407 bits per heavy atom. The van der Waals surface area contributed by atoms with Crippen LogP contribution in [-0.4, -0.2) is 274 Å². The Morgan fingerprint density at radius 3 is 1.01 bits per heavy atom. The van der Waals surface area contributed by atoms with E-state index < -0.39 is 111 Å². The lowest BCUT2D eigenvalue weighted by Crippen LogP contribution is -2.55. The van der Waals surface area contributed by atoms with E-state index in [4.69, 9.17) is 47.4 Å². The molecule has 0 aromatic heterocycles. The van der Waals surface area contributed by atoms with Crippen LogP contribution >= 0.6 is 0 Å². The third-order valence-corrected chi connectivity index (χ3v) is 14.2. The lowest BCUT2D eigenvalue weighted by Gasteiger charge is -2.40. The molecule has 3 rings (SSSR count). The molecule has 3 aliphatic heterocycles. The first-order valence-corrected chi connectivity index (χ1v) is 30.5. The van der Waals surface area contributed by atoms with Crippen LogP contribution in [0, 0.1) is 23.7 Å². The number of ether oxygens (including phenoxy) is 10. The Bertz CT molecular complexity index is 1670. The van der Waals surface area contributed by atoms with E-state index in [0.717, 1.165) is 6.42 Å². The lowest BCUT2D eigenvalue weighted by atomic mass is 9.92. The predicted molar refractivity (Wildman–Crippen MR) is 307 cm³/mol. The molecule has 0 aliphatic carbocycles. The van der Waals surface area contributed by atoms with Crippen molar-refractivity contribution in [3.8, 4) is 0 Å². The Kier molecular flexibility index (Phi) is 41.9. The molecule has 3 aliphatic rings. The Labute approximate surface area is 506 Å². The van der Waals surface area contributed by atoms with Crippen molar-refractivity contribution in [2.45, 2.75) is 199 Å². The van der Waals surface area contributed by atoms with Crippen LogP contribution in [0.25, 0.3) is 0 Å². The van der Waals surface area contributed by atoms with Gasteiger partial charge in [0.05, 0.1) is 104 Å². The summed E-state index contributed by atoms with van der Waals surface area (Å²) in [5, 5.41) is 103. The summed E-state index contributed by atoms with van der Waals surface area (Å²) in [6.07, 6.45) is -8.40. The fourth-order valence-corrected chi connectivity index (χ4v) is 8.90. The number of aliphatic hydroxyl groups is 9. The van der Waals surface area contributed by atoms with Crippen LogP contribution in [-0.2, 0) is 71.3 Å². The first-order chi connectivity index (χ1) is 41.0. The molecule has 0 aromatic carbocycles. The molecule has 504 valence electrons. The molecule has 0 bridgehead atoms. The van der Waals surface area contributed by atoms with E-state index in [2.05, 4.69) is 26.6 Å². The quantitative estimate of drug-likeness (QED) is 0.0275. The maximum absolute atomic E-state index is 12.5. The van der Waals surface area contributed by atoms with Gasteiger partial charge in [-0.3, -0.25) is 24.0 Å². The molecule has 29 heteroatoms. The van der Waals surface area contributed by atoms with E-state index in [9.17, 15) is 69.9 Å². The highest BCUT2D eigenvalue weighted by Crippen LogP contribution is 2.29. The summed E-state index contributed by atoms with van der Waals surface area (Å²) in [6, 6.07) is 0.155. The number of carbonyl (C=O) groups excluding carboxylic acids is 5. The van der Waals surface area contributed by atoms with Gasteiger partial charge in [0.15, 0.2) is 18.9 Å². The van der Waals surface area contributed by atoms with Crippen LogP contribution in [0.2, 0.25) is 0 Å². The standard InChI is InChI=1S/C43H79N3O21.C14H28N2O3/c1-25-35(53)38(56)29(19-47)65-41(25)62-13-4-10-44-32(50)7-16-59-22-28(23-60-17-8-33(51)45-11-5-14-63-42-26(2)36(54)39(57)30(20-48)66-42)24-61-18-9-34(52)46-12-6-15-64-43-27(3)37(55)40(58)31(21-49)67-43;1-11(2)16-14(18)8-5-7-13(17)15-9-6-10-19-12(3)4/h25-31,35-43,47-49,53-58H,4-24H2,1-3H3,(H,44,50)(H,45,51)(H,46,52);11-12H,5-10H2,1-4H3,(H,15,17)(H,16,18)/t25?,26?,27?,28?,29?,30?,31?,35-,36-,37-,38+,39+,40+,41-,42-,43-;/m1./s1. The molecule has 15 atom stereocenters. The second kappa shape index (κ2) is 45.8. The molecule has 0 aromatic rings. The number of hydrogen-bond donors (Lipinski definition) is 14. The molecular weight excluding hydrogens is 1140 g/mol. The van der Waals surface area contributed by atoms with Gasteiger partial charge in [-0.15, -0.1) is 0 Å². The zero-order chi connectivity index (χ0) is 64.0. The van der Waals surface area contributed by atoms with Crippen molar-refractivity contribution in [2.75, 3.05) is 112 Å². The van der Waals surface area contributed by atoms with Crippen molar-refractivity contribution in [3.63, 3.8) is 0 Å². The molecule has 29 nitrogen and oxygen atoms in total. The minimum atomic E-state index is -1.22. The summed E-state index contributed by atoms with van der Waals surface area (Å²) in [5.74, 6) is -2.63. The number of nitrogens with one attached hydrogen (secondary N) is 5. The zero-order valence-corrected chi connectivity index (χ0v) is 51.6. The van der Waals surface area contributed by atoms with Crippen molar-refractivity contribution in [1.82, 2.24) is 26.6 Å². The fraction of sp³-hybridized carbons (Fsp3) is 0.912. The number of aliphatic hydroxyl groups excluding tert-OH is 9. The molecule has 0 saturated carbocycles. The summed E-state index contributed by atoms with van der Waals surface area (Å²) in [4.78, 5) is 60.2. The van der Waals surface area contributed by atoms with Gasteiger partial charge in [0.1, 0.15) is 36.6 Å². The predicted octanol–water partition coefficient (Wildman–Crippen LogP) is -2.77. The first-order valence-electron chi connectivity index (χ1n) is 30.5. The molecule has 3 heterocycles. The van der Waals surface area contributed by atoms with Crippen LogP contribution < -0.4 is 26.6 Å². The lowest BCUT2D eigenvalue weighted by molar-refractivity contribution is -0.282. The third kappa shape index (κ3) is 32.4. The van der Waals surface area contributed by atoms with E-state index in [0.29, 0.717) is 71.3 Å². The number of rotatable bonds is 43. The van der Waals surface area contributed by atoms with Gasteiger partial charge in [-0.2, -0.15) is 0 Å². The molecule has 86 heavy (non-hydrogen) atoms. The summed E-state index contributed by atoms with van der Waals surface area (Å²) >= 11 is 0. The summed E-state index contributed by atoms with van der Waals surface area (Å²) < 4.78 is 56.3. The molecule has 0 spiro atoms. The van der Waals surface area contributed by atoms with Gasteiger partial charge in [-0.25, -0.2) is 0 Å². The fourth-order valence-electron chi connectivity index (χ4n) is 8.90. The van der Waals surface area contributed by atoms with Gasteiger partial charge < -0.3 is 120 Å². The summed E-state index contributed by atoms with van der Waals surface area (Å²) in [5.41, 5.74) is 0. The maximum Gasteiger partial charge on any atom is 0.222 e. The van der Waals surface area contributed by atoms with E-state index in [1.807, 2.05) is 27.7 Å². The van der Waals surface area contributed by atoms with Gasteiger partial charge in [-0.05, 0) is 59.8 Å². The minimum absolute atomic E-state index is 0.00175. The van der Waals surface area contributed by atoms with Crippen LogP contribution in [0.3, 0.4) is 0 Å². The minimum Gasteiger partial charge on any atom is -0.394 e. The van der Waals surface area contributed by atoms with Gasteiger partial charge >= 0.3 is 0 Å². The van der Waals surface area contributed by atoms with E-state index in [1.165, 1.54) is 0 Å². The Morgan fingerprint density at radius 2 is 0.709 bits per heavy atom. The highest BCUT2D eigenvalue weighted by molar-refractivity contribution is 5.79. The molecule has 3 saturated heterocycles.